The SMILES string of the molecule is FC(F)n1ccnc1COC1COC2(CCNCC2)C1. The van der Waals surface area contributed by atoms with Crippen LogP contribution in [0.1, 0.15) is 31.6 Å². The molecule has 3 heterocycles. The van der Waals surface area contributed by atoms with E-state index in [-0.39, 0.29) is 24.1 Å². The van der Waals surface area contributed by atoms with Crippen molar-refractivity contribution in [1.29, 1.82) is 0 Å². The van der Waals surface area contributed by atoms with Crippen LogP contribution < -0.4 is 5.32 Å². The van der Waals surface area contributed by atoms with E-state index in [9.17, 15) is 8.78 Å². The molecule has 1 atom stereocenters. The lowest BCUT2D eigenvalue weighted by Gasteiger charge is -2.32. The van der Waals surface area contributed by atoms with Crippen LogP contribution in [0.3, 0.4) is 0 Å². The Hall–Kier alpha value is -1.05. The number of alkyl halides is 2. The van der Waals surface area contributed by atoms with Crippen LogP contribution in [0, 0.1) is 0 Å². The monoisotopic (exact) mass is 287 g/mol. The Morgan fingerprint density at radius 1 is 1.50 bits per heavy atom. The van der Waals surface area contributed by atoms with Gasteiger partial charge in [0.15, 0.2) is 0 Å². The number of nitrogens with zero attached hydrogens (tertiary/aromatic N) is 2. The summed E-state index contributed by atoms with van der Waals surface area (Å²) in [7, 11) is 0. The molecule has 1 N–H and O–H groups in total. The maximum atomic E-state index is 12.7. The highest BCUT2D eigenvalue weighted by Crippen LogP contribution is 2.35. The second kappa shape index (κ2) is 5.75. The van der Waals surface area contributed by atoms with Gasteiger partial charge in [0, 0.05) is 18.8 Å². The Balaban J connectivity index is 1.53. The predicted molar refractivity (Wildman–Crippen MR) is 67.5 cm³/mol. The maximum Gasteiger partial charge on any atom is 0.320 e. The fourth-order valence-electron chi connectivity index (χ4n) is 2.97. The summed E-state index contributed by atoms with van der Waals surface area (Å²) in [6.45, 7) is -0.0215. The molecule has 0 bridgehead atoms. The number of nitrogens with one attached hydrogen (secondary N) is 1. The van der Waals surface area contributed by atoms with Crippen molar-refractivity contribution in [1.82, 2.24) is 14.9 Å². The first-order valence-electron chi connectivity index (χ1n) is 6.95. The minimum atomic E-state index is -2.58. The molecule has 0 amide bonds. The quantitative estimate of drug-likeness (QED) is 0.916. The van der Waals surface area contributed by atoms with Crippen LogP contribution in [0.15, 0.2) is 12.4 Å². The average Bonchev–Trinajstić information content (AvgIpc) is 3.05. The van der Waals surface area contributed by atoms with Gasteiger partial charge in [-0.15, -0.1) is 0 Å². The largest absolute Gasteiger partial charge is 0.372 e. The van der Waals surface area contributed by atoms with Crippen LogP contribution in [0.4, 0.5) is 8.78 Å². The number of ether oxygens (including phenoxy) is 2. The highest BCUT2D eigenvalue weighted by atomic mass is 19.3. The molecule has 1 aromatic rings. The van der Waals surface area contributed by atoms with E-state index in [1.807, 2.05) is 0 Å². The van der Waals surface area contributed by atoms with Gasteiger partial charge in [0.2, 0.25) is 0 Å². The Morgan fingerprint density at radius 3 is 3.05 bits per heavy atom. The Morgan fingerprint density at radius 2 is 2.30 bits per heavy atom. The minimum absolute atomic E-state index is 0.0316. The van der Waals surface area contributed by atoms with Crippen LogP contribution in [-0.2, 0) is 16.1 Å². The molecule has 5 nitrogen and oxygen atoms in total. The maximum absolute atomic E-state index is 12.7. The number of piperidine rings is 1. The van der Waals surface area contributed by atoms with E-state index in [2.05, 4.69) is 10.3 Å². The van der Waals surface area contributed by atoms with Gasteiger partial charge in [-0.25, -0.2) is 4.98 Å². The third-order valence-corrected chi connectivity index (χ3v) is 4.10. The van der Waals surface area contributed by atoms with Crippen molar-refractivity contribution >= 4 is 0 Å². The number of halogens is 2. The van der Waals surface area contributed by atoms with Crippen LogP contribution in [0.2, 0.25) is 0 Å². The van der Waals surface area contributed by atoms with Crippen molar-refractivity contribution in [3.05, 3.63) is 18.2 Å². The number of aromatic nitrogens is 2. The second-order valence-electron chi connectivity index (χ2n) is 5.41. The van der Waals surface area contributed by atoms with Crippen molar-refractivity contribution in [2.75, 3.05) is 19.7 Å². The minimum Gasteiger partial charge on any atom is -0.372 e. The molecule has 20 heavy (non-hydrogen) atoms. The molecule has 2 fully saturated rings. The lowest BCUT2D eigenvalue weighted by Crippen LogP contribution is -2.41. The summed E-state index contributed by atoms with van der Waals surface area (Å²) in [6.07, 6.45) is 5.41. The summed E-state index contributed by atoms with van der Waals surface area (Å²) >= 11 is 0. The zero-order chi connectivity index (χ0) is 14.0. The van der Waals surface area contributed by atoms with Gasteiger partial charge in [0.1, 0.15) is 12.4 Å². The molecule has 7 heteroatoms. The van der Waals surface area contributed by atoms with Crippen molar-refractivity contribution in [3.63, 3.8) is 0 Å². The van der Waals surface area contributed by atoms with Gasteiger partial charge >= 0.3 is 6.55 Å². The molecule has 1 aromatic heterocycles. The Bertz CT molecular complexity index is 447. The molecule has 0 aliphatic carbocycles. The van der Waals surface area contributed by atoms with Gasteiger partial charge in [-0.2, -0.15) is 8.78 Å². The van der Waals surface area contributed by atoms with E-state index in [0.29, 0.717) is 6.61 Å². The van der Waals surface area contributed by atoms with Crippen LogP contribution in [0.5, 0.6) is 0 Å². The summed E-state index contributed by atoms with van der Waals surface area (Å²) in [6, 6.07) is 0. The molecule has 1 spiro atoms. The van der Waals surface area contributed by atoms with Gasteiger partial charge in [0.25, 0.3) is 0 Å². The summed E-state index contributed by atoms with van der Waals surface area (Å²) in [5.41, 5.74) is -0.0753. The first kappa shape index (κ1) is 13.9. The van der Waals surface area contributed by atoms with Crippen molar-refractivity contribution in [2.24, 2.45) is 0 Å². The van der Waals surface area contributed by atoms with Gasteiger partial charge in [-0.3, -0.25) is 4.57 Å². The topological polar surface area (TPSA) is 48.3 Å². The fraction of sp³-hybridized carbons (Fsp3) is 0.769. The van der Waals surface area contributed by atoms with E-state index in [1.165, 1.54) is 12.4 Å². The Kier molecular flexibility index (Phi) is 4.00. The molecule has 2 saturated heterocycles. The number of imidazole rings is 1. The fourth-order valence-corrected chi connectivity index (χ4v) is 2.97. The molecule has 3 rings (SSSR count). The van der Waals surface area contributed by atoms with Gasteiger partial charge < -0.3 is 14.8 Å². The van der Waals surface area contributed by atoms with E-state index in [1.54, 1.807) is 0 Å². The summed E-state index contributed by atoms with van der Waals surface area (Å²) < 4.78 is 37.8. The smallest absolute Gasteiger partial charge is 0.320 e. The van der Waals surface area contributed by atoms with E-state index in [0.717, 1.165) is 36.9 Å². The molecule has 1 unspecified atom stereocenters. The predicted octanol–water partition coefficient (Wildman–Crippen LogP) is 1.71. The van der Waals surface area contributed by atoms with E-state index < -0.39 is 6.55 Å². The molecule has 0 aromatic carbocycles. The third kappa shape index (κ3) is 2.84. The number of rotatable bonds is 4. The average molecular weight is 287 g/mol. The first-order valence-corrected chi connectivity index (χ1v) is 6.95. The van der Waals surface area contributed by atoms with Crippen molar-refractivity contribution < 1.29 is 18.3 Å². The zero-order valence-corrected chi connectivity index (χ0v) is 11.2. The van der Waals surface area contributed by atoms with Gasteiger partial charge in [-0.05, 0) is 25.9 Å². The van der Waals surface area contributed by atoms with Crippen molar-refractivity contribution in [3.8, 4) is 0 Å². The van der Waals surface area contributed by atoms with E-state index in [4.69, 9.17) is 9.47 Å². The number of hydrogen-bond acceptors (Lipinski definition) is 4. The van der Waals surface area contributed by atoms with Gasteiger partial charge in [-0.1, -0.05) is 0 Å². The van der Waals surface area contributed by atoms with Gasteiger partial charge in [0.05, 0.1) is 18.3 Å². The molecular formula is C13H19F2N3O2. The third-order valence-electron chi connectivity index (χ3n) is 4.10. The van der Waals surface area contributed by atoms with E-state index >= 15 is 0 Å². The molecule has 2 aliphatic heterocycles. The normalized spacial score (nSPS) is 25.6. The molecule has 0 radical (unpaired) electrons. The molecule has 112 valence electrons. The lowest BCUT2D eigenvalue weighted by atomic mass is 9.89. The second-order valence-corrected chi connectivity index (χ2v) is 5.41. The highest BCUT2D eigenvalue weighted by Gasteiger charge is 2.41. The zero-order valence-electron chi connectivity index (χ0n) is 11.2. The summed E-state index contributed by atoms with van der Waals surface area (Å²) in [5, 5.41) is 3.31. The number of hydrogen-bond donors (Lipinski definition) is 1. The van der Waals surface area contributed by atoms with Crippen LogP contribution in [0.25, 0.3) is 0 Å². The summed E-state index contributed by atoms with van der Waals surface area (Å²) in [5.74, 6) is 0.256. The first-order chi connectivity index (χ1) is 9.69. The molecule has 2 aliphatic rings. The lowest BCUT2D eigenvalue weighted by molar-refractivity contribution is -0.0249. The Labute approximate surface area is 116 Å². The molecular weight excluding hydrogens is 268 g/mol. The van der Waals surface area contributed by atoms with Crippen LogP contribution in [-0.4, -0.2) is 41.0 Å². The summed E-state index contributed by atoms with van der Waals surface area (Å²) in [4.78, 5) is 3.91. The van der Waals surface area contributed by atoms with Crippen LogP contribution >= 0.6 is 0 Å². The van der Waals surface area contributed by atoms with Crippen molar-refractivity contribution in [2.45, 2.75) is 44.1 Å². The molecule has 0 saturated carbocycles. The standard InChI is InChI=1S/C13H19F2N3O2/c14-12(15)18-6-5-17-11(18)9-19-10-7-13(20-8-10)1-3-16-4-2-13/h5-6,10,12,16H,1-4,7-9H2. The highest BCUT2D eigenvalue weighted by molar-refractivity contribution is 4.95.